The Morgan fingerprint density at radius 2 is 2.07 bits per heavy atom. The first-order chi connectivity index (χ1) is 12.9. The molecule has 2 fully saturated rings. The van der Waals surface area contributed by atoms with Crippen molar-refractivity contribution in [3.05, 3.63) is 29.6 Å². The van der Waals surface area contributed by atoms with E-state index in [9.17, 15) is 18.4 Å². The molecule has 6 nitrogen and oxygen atoms in total. The number of aromatic nitrogens is 1. The third kappa shape index (κ3) is 4.48. The number of hydrogen-bond donors (Lipinski definition) is 0. The Morgan fingerprint density at radius 1 is 1.33 bits per heavy atom. The minimum Gasteiger partial charge on any atom is -0.381 e. The van der Waals surface area contributed by atoms with Crippen molar-refractivity contribution in [1.29, 1.82) is 5.26 Å². The van der Waals surface area contributed by atoms with E-state index >= 15 is 0 Å². The van der Waals surface area contributed by atoms with E-state index in [4.69, 9.17) is 10.00 Å². The lowest BCUT2D eigenvalue weighted by Crippen LogP contribution is -2.36. The molecule has 0 saturated carbocycles. The number of Topliss-reactive ketones (excluding diaryl/α,β-unsaturated/α-hetero) is 1. The molecule has 3 heterocycles. The first kappa shape index (κ1) is 19.4. The average Bonchev–Trinajstić information content (AvgIpc) is 3.01. The van der Waals surface area contributed by atoms with Crippen LogP contribution in [0.15, 0.2) is 18.5 Å². The molecule has 2 aliphatic rings. The van der Waals surface area contributed by atoms with Gasteiger partial charge in [0.1, 0.15) is 6.04 Å². The Bertz CT molecular complexity index is 757. The van der Waals surface area contributed by atoms with Crippen LogP contribution in [-0.4, -0.2) is 53.3 Å². The number of nitrogens with zero attached hydrogens (tertiary/aromatic N) is 3. The van der Waals surface area contributed by atoms with Crippen LogP contribution in [0.1, 0.15) is 53.9 Å². The zero-order valence-electron chi connectivity index (χ0n) is 14.9. The smallest absolute Gasteiger partial charge is 0.268 e. The second kappa shape index (κ2) is 8.09. The van der Waals surface area contributed by atoms with Gasteiger partial charge in [0.05, 0.1) is 12.6 Å². The van der Waals surface area contributed by atoms with Crippen LogP contribution in [0.3, 0.4) is 0 Å². The van der Waals surface area contributed by atoms with E-state index in [-0.39, 0.29) is 24.5 Å². The third-order valence-electron chi connectivity index (χ3n) is 5.12. The van der Waals surface area contributed by atoms with Crippen molar-refractivity contribution in [3.63, 3.8) is 0 Å². The highest BCUT2D eigenvalue weighted by Gasteiger charge is 2.47. The van der Waals surface area contributed by atoms with Crippen molar-refractivity contribution in [3.8, 4) is 6.07 Å². The van der Waals surface area contributed by atoms with Gasteiger partial charge in [0.2, 0.25) is 5.91 Å². The fourth-order valence-corrected chi connectivity index (χ4v) is 3.69. The highest BCUT2D eigenvalue weighted by molar-refractivity contribution is 5.99. The number of amides is 1. The Morgan fingerprint density at radius 3 is 2.78 bits per heavy atom. The van der Waals surface area contributed by atoms with E-state index in [1.54, 1.807) is 18.3 Å². The lowest BCUT2D eigenvalue weighted by molar-refractivity contribution is -0.132. The van der Waals surface area contributed by atoms with Gasteiger partial charge in [-0.3, -0.25) is 14.6 Å². The maximum Gasteiger partial charge on any atom is 0.268 e. The molecule has 0 spiro atoms. The standard InChI is InChI=1S/C19H21F2N3O3/c20-19(21)9-14(10-22)24(12-19)18(26)2-1-17(25)15-3-6-23-11-16(15)13-4-7-27-8-5-13/h3,6,11,13-14H,1-2,4-5,7-9,12H2/t14-/m0/s1. The summed E-state index contributed by atoms with van der Waals surface area (Å²) in [6.07, 6.45) is 3.89. The van der Waals surface area contributed by atoms with Crippen molar-refractivity contribution < 1.29 is 23.1 Å². The van der Waals surface area contributed by atoms with Crippen LogP contribution in [0.25, 0.3) is 0 Å². The molecule has 3 rings (SSSR count). The summed E-state index contributed by atoms with van der Waals surface area (Å²) in [5, 5.41) is 8.99. The second-order valence-corrected chi connectivity index (χ2v) is 7.00. The van der Waals surface area contributed by atoms with Crippen LogP contribution in [0.5, 0.6) is 0 Å². The number of ketones is 1. The topological polar surface area (TPSA) is 83.3 Å². The lowest BCUT2D eigenvalue weighted by atomic mass is 9.87. The van der Waals surface area contributed by atoms with E-state index in [2.05, 4.69) is 4.98 Å². The van der Waals surface area contributed by atoms with Gasteiger partial charge in [0, 0.05) is 50.4 Å². The summed E-state index contributed by atoms with van der Waals surface area (Å²) in [6.45, 7) is 0.496. The summed E-state index contributed by atoms with van der Waals surface area (Å²) < 4.78 is 32.3. The SMILES string of the molecule is N#C[C@@H]1CC(F)(F)CN1C(=O)CCC(=O)c1ccncc1C1CCOCC1. The molecular weight excluding hydrogens is 356 g/mol. The molecule has 0 N–H and O–H groups in total. The number of rotatable bonds is 5. The number of ether oxygens (including phenoxy) is 1. The number of hydrogen-bond acceptors (Lipinski definition) is 5. The predicted octanol–water partition coefficient (Wildman–Crippen LogP) is 2.70. The minimum atomic E-state index is -3.05. The summed E-state index contributed by atoms with van der Waals surface area (Å²) >= 11 is 0. The molecule has 1 amide bonds. The summed E-state index contributed by atoms with van der Waals surface area (Å²) in [5.41, 5.74) is 1.37. The monoisotopic (exact) mass is 377 g/mol. The molecule has 8 heteroatoms. The summed E-state index contributed by atoms with van der Waals surface area (Å²) in [4.78, 5) is 29.9. The second-order valence-electron chi connectivity index (χ2n) is 7.00. The third-order valence-corrected chi connectivity index (χ3v) is 5.12. The van der Waals surface area contributed by atoms with Crippen molar-refractivity contribution in [2.75, 3.05) is 19.8 Å². The highest BCUT2D eigenvalue weighted by Crippen LogP contribution is 2.33. The average molecular weight is 377 g/mol. The minimum absolute atomic E-state index is 0.0840. The van der Waals surface area contributed by atoms with Gasteiger partial charge in [-0.1, -0.05) is 0 Å². The maximum absolute atomic E-state index is 13.5. The van der Waals surface area contributed by atoms with E-state index in [0.717, 1.165) is 23.3 Å². The summed E-state index contributed by atoms with van der Waals surface area (Å²) in [7, 11) is 0. The Hall–Kier alpha value is -2.40. The summed E-state index contributed by atoms with van der Waals surface area (Å²) in [6, 6.07) is 2.24. The van der Waals surface area contributed by atoms with Gasteiger partial charge in [0.15, 0.2) is 5.78 Å². The molecule has 2 aliphatic heterocycles. The fraction of sp³-hybridized carbons (Fsp3) is 0.579. The molecule has 0 radical (unpaired) electrons. The highest BCUT2D eigenvalue weighted by atomic mass is 19.3. The number of alkyl halides is 2. The molecule has 0 unspecified atom stereocenters. The van der Waals surface area contributed by atoms with Crippen LogP contribution in [0.4, 0.5) is 8.78 Å². The number of pyridine rings is 1. The zero-order chi connectivity index (χ0) is 19.4. The maximum atomic E-state index is 13.5. The quantitative estimate of drug-likeness (QED) is 0.737. The van der Waals surface area contributed by atoms with Crippen molar-refractivity contribution in [1.82, 2.24) is 9.88 Å². The zero-order valence-corrected chi connectivity index (χ0v) is 14.9. The Kier molecular flexibility index (Phi) is 5.80. The number of likely N-dealkylation sites (tertiary alicyclic amines) is 1. The first-order valence-corrected chi connectivity index (χ1v) is 9.03. The molecule has 1 atom stereocenters. The molecule has 1 aromatic heterocycles. The molecule has 144 valence electrons. The van der Waals surface area contributed by atoms with E-state index < -0.39 is 30.8 Å². The number of carbonyl (C=O) groups excluding carboxylic acids is 2. The molecule has 0 aromatic carbocycles. The molecular formula is C19H21F2N3O3. The molecule has 2 saturated heterocycles. The number of nitriles is 1. The van der Waals surface area contributed by atoms with E-state index in [0.29, 0.717) is 18.8 Å². The van der Waals surface area contributed by atoms with Crippen LogP contribution in [0.2, 0.25) is 0 Å². The lowest BCUT2D eigenvalue weighted by Gasteiger charge is -2.24. The van der Waals surface area contributed by atoms with Crippen LogP contribution >= 0.6 is 0 Å². The van der Waals surface area contributed by atoms with Gasteiger partial charge in [-0.25, -0.2) is 8.78 Å². The molecule has 1 aromatic rings. The first-order valence-electron chi connectivity index (χ1n) is 9.03. The molecule has 0 aliphatic carbocycles. The van der Waals surface area contributed by atoms with Crippen LogP contribution in [-0.2, 0) is 9.53 Å². The largest absolute Gasteiger partial charge is 0.381 e. The van der Waals surface area contributed by atoms with Gasteiger partial charge >= 0.3 is 0 Å². The molecule has 27 heavy (non-hydrogen) atoms. The van der Waals surface area contributed by atoms with Crippen molar-refractivity contribution in [2.45, 2.75) is 50.0 Å². The normalized spacial score (nSPS) is 22.4. The van der Waals surface area contributed by atoms with Crippen molar-refractivity contribution in [2.24, 2.45) is 0 Å². The molecule has 0 bridgehead atoms. The number of halogens is 2. The van der Waals surface area contributed by atoms with E-state index in [1.165, 1.54) is 6.20 Å². The number of carbonyl (C=O) groups is 2. The van der Waals surface area contributed by atoms with E-state index in [1.807, 2.05) is 0 Å². The summed E-state index contributed by atoms with van der Waals surface area (Å²) in [5.74, 6) is -3.68. The van der Waals surface area contributed by atoms with Crippen molar-refractivity contribution >= 4 is 11.7 Å². The Labute approximate surface area is 156 Å². The van der Waals surface area contributed by atoms with Gasteiger partial charge < -0.3 is 9.64 Å². The fourth-order valence-electron chi connectivity index (χ4n) is 3.69. The van der Waals surface area contributed by atoms with Gasteiger partial charge in [-0.2, -0.15) is 5.26 Å². The van der Waals surface area contributed by atoms with Gasteiger partial charge in [-0.15, -0.1) is 0 Å². The predicted molar refractivity (Wildman–Crippen MR) is 91.3 cm³/mol. The van der Waals surface area contributed by atoms with Gasteiger partial charge in [0.25, 0.3) is 5.92 Å². The van der Waals surface area contributed by atoms with Gasteiger partial charge in [-0.05, 0) is 30.4 Å². The van der Waals surface area contributed by atoms with Crippen LogP contribution < -0.4 is 0 Å². The Balaban J connectivity index is 1.65. The van der Waals surface area contributed by atoms with Crippen LogP contribution in [0, 0.1) is 11.3 Å².